The zero-order chi connectivity index (χ0) is 30.3. The molecule has 41 heavy (non-hydrogen) atoms. The summed E-state index contributed by atoms with van der Waals surface area (Å²) in [5.74, 6) is -4.56. The maximum atomic E-state index is 14.2. The minimum absolute atomic E-state index is 0.136. The maximum Gasteiger partial charge on any atom is 0.336 e. The first-order valence-corrected chi connectivity index (χ1v) is 14.7. The average molecular weight is 591 g/mol. The van der Waals surface area contributed by atoms with E-state index in [2.05, 4.69) is 0 Å². The minimum Gasteiger partial charge on any atom is -0.459 e. The van der Waals surface area contributed by atoms with Gasteiger partial charge in [0, 0.05) is 40.9 Å². The number of fused-ring (bicyclic) bond motifs is 5. The lowest BCUT2D eigenvalue weighted by Gasteiger charge is -2.66. The van der Waals surface area contributed by atoms with E-state index in [1.807, 2.05) is 0 Å². The lowest BCUT2D eigenvalue weighted by molar-refractivity contribution is -0.331. The fraction of sp³-hybridized carbons (Fsp3) is 0.667. The van der Waals surface area contributed by atoms with Gasteiger partial charge in [-0.15, -0.1) is 11.3 Å². The predicted molar refractivity (Wildman–Crippen MR) is 145 cm³/mol. The number of aliphatic hydroxyl groups is 4. The quantitative estimate of drug-likeness (QED) is 0.294. The Morgan fingerprint density at radius 2 is 1.90 bits per heavy atom. The van der Waals surface area contributed by atoms with Crippen molar-refractivity contribution in [3.63, 3.8) is 0 Å². The van der Waals surface area contributed by atoms with E-state index in [-0.39, 0.29) is 25.0 Å². The average Bonchev–Trinajstić information content (AvgIpc) is 3.43. The molecule has 4 aliphatic rings. The molecule has 1 saturated heterocycles. The van der Waals surface area contributed by atoms with Crippen molar-refractivity contribution in [2.24, 2.45) is 16.7 Å². The largest absolute Gasteiger partial charge is 0.459 e. The first kappa shape index (κ1) is 30.3. The Balaban J connectivity index is 1.63. The van der Waals surface area contributed by atoms with Crippen molar-refractivity contribution in [3.8, 4) is 0 Å². The van der Waals surface area contributed by atoms with Crippen LogP contribution in [0.25, 0.3) is 0 Å². The van der Waals surface area contributed by atoms with E-state index in [1.54, 1.807) is 45.2 Å². The van der Waals surface area contributed by atoms with Crippen LogP contribution in [-0.2, 0) is 28.6 Å². The van der Waals surface area contributed by atoms with Crippen molar-refractivity contribution in [1.29, 1.82) is 0 Å². The number of carbonyl (C=O) groups excluding carboxylic acids is 3. The van der Waals surface area contributed by atoms with Gasteiger partial charge in [0.05, 0.1) is 12.7 Å². The summed E-state index contributed by atoms with van der Waals surface area (Å²) in [5, 5.41) is 48.7. The van der Waals surface area contributed by atoms with Gasteiger partial charge in [0.1, 0.15) is 29.5 Å². The fourth-order valence-corrected chi connectivity index (χ4v) is 8.57. The molecule has 11 heteroatoms. The summed E-state index contributed by atoms with van der Waals surface area (Å²) >= 11 is 1.27. The standard InChI is InChI=1S/C30H38O10S/c1-14-17(40-26(35)21(32)15(2)18-8-7-11-41-18)12-30(37)25(39-16(3)31)23-28(6,10-9-19-29(23,36)13-38-19)24(34)22(33)20(14)27(30,4)5/h2,7-8,11,15,17,19,21-23,25,32-33,36-37H,9-10,12-13H2,1,3-6H3/t15-,17?,19+,21+,22+,23-,25-,28+,29-,30+/m0/s1. The molecule has 2 radical (unpaired) electrons. The highest BCUT2D eigenvalue weighted by Crippen LogP contribution is 2.63. The second kappa shape index (κ2) is 9.96. The summed E-state index contributed by atoms with van der Waals surface area (Å²) in [6, 6.07) is 3.41. The van der Waals surface area contributed by atoms with E-state index >= 15 is 0 Å². The third kappa shape index (κ3) is 4.26. The molecule has 1 unspecified atom stereocenters. The molecule has 1 aliphatic heterocycles. The molecule has 1 aromatic heterocycles. The van der Waals surface area contributed by atoms with E-state index in [9.17, 15) is 34.8 Å². The summed E-state index contributed by atoms with van der Waals surface area (Å²) in [7, 11) is 0. The van der Waals surface area contributed by atoms with Gasteiger partial charge in [-0.25, -0.2) is 4.79 Å². The van der Waals surface area contributed by atoms with Crippen LogP contribution in [0.4, 0.5) is 0 Å². The molecule has 0 aromatic carbocycles. The molecule has 2 bridgehead atoms. The van der Waals surface area contributed by atoms with E-state index in [4.69, 9.17) is 21.1 Å². The first-order valence-electron chi connectivity index (χ1n) is 13.9. The fourth-order valence-electron chi connectivity index (χ4n) is 7.81. The topological polar surface area (TPSA) is 160 Å². The monoisotopic (exact) mass is 590 g/mol. The smallest absolute Gasteiger partial charge is 0.336 e. The molecular formula is C30H38O10S. The molecule has 5 rings (SSSR count). The number of thiophene rings is 1. The maximum absolute atomic E-state index is 14.2. The summed E-state index contributed by atoms with van der Waals surface area (Å²) in [6.45, 7) is 13.6. The number of hydrogen-bond acceptors (Lipinski definition) is 11. The molecule has 3 fully saturated rings. The third-order valence-corrected chi connectivity index (χ3v) is 11.2. The van der Waals surface area contributed by atoms with Crippen LogP contribution < -0.4 is 0 Å². The van der Waals surface area contributed by atoms with Gasteiger partial charge in [0.2, 0.25) is 0 Å². The van der Waals surface area contributed by atoms with E-state index in [1.165, 1.54) is 18.3 Å². The van der Waals surface area contributed by atoms with Gasteiger partial charge in [-0.2, -0.15) is 0 Å². The minimum atomic E-state index is -2.03. The Labute approximate surface area is 243 Å². The van der Waals surface area contributed by atoms with Crippen LogP contribution in [0.1, 0.15) is 64.7 Å². The van der Waals surface area contributed by atoms with Gasteiger partial charge in [0.15, 0.2) is 11.9 Å². The summed E-state index contributed by atoms with van der Waals surface area (Å²) in [4.78, 5) is 40.4. The number of aliphatic hydroxyl groups excluding tert-OH is 2. The van der Waals surface area contributed by atoms with Crippen LogP contribution in [0.15, 0.2) is 28.7 Å². The van der Waals surface area contributed by atoms with Gasteiger partial charge in [-0.05, 0) is 49.3 Å². The van der Waals surface area contributed by atoms with Gasteiger partial charge >= 0.3 is 11.9 Å². The first-order chi connectivity index (χ1) is 19.0. The highest BCUT2D eigenvalue weighted by molar-refractivity contribution is 7.10. The number of Topliss-reactive ketones (excluding diaryl/α,β-unsaturated/α-hetero) is 1. The third-order valence-electron chi connectivity index (χ3n) is 10.2. The Kier molecular flexibility index (Phi) is 7.36. The van der Waals surface area contributed by atoms with Crippen molar-refractivity contribution in [2.45, 2.75) is 102 Å². The SMILES string of the molecule is [CH][C@@H](c1cccs1)[C@@H](O)C(=O)OC1C[C@@]2(O)[C@@H](OC(C)=O)[C@@H]3[C@]4(O)CO[C@@H]4CC[C@@]3(C)C(=O)[C@H](O)C(=C1C)C2(C)C. The number of ether oxygens (including phenoxy) is 3. The van der Waals surface area contributed by atoms with Gasteiger partial charge < -0.3 is 34.6 Å². The van der Waals surface area contributed by atoms with Crippen LogP contribution in [0.2, 0.25) is 0 Å². The van der Waals surface area contributed by atoms with Gasteiger partial charge in [0.25, 0.3) is 0 Å². The second-order valence-electron chi connectivity index (χ2n) is 12.8. The van der Waals surface area contributed by atoms with Gasteiger partial charge in [-0.1, -0.05) is 26.8 Å². The zero-order valence-electron chi connectivity index (χ0n) is 23.8. The van der Waals surface area contributed by atoms with Crippen LogP contribution in [0, 0.1) is 23.7 Å². The number of ketones is 1. The Morgan fingerprint density at radius 1 is 1.22 bits per heavy atom. The van der Waals surface area contributed by atoms with Crippen molar-refractivity contribution < 1.29 is 49.0 Å². The molecule has 0 amide bonds. The Hall–Kier alpha value is -2.15. The van der Waals surface area contributed by atoms with E-state index < -0.39 is 82.1 Å². The summed E-state index contributed by atoms with van der Waals surface area (Å²) in [6.07, 6.45) is -6.45. The van der Waals surface area contributed by atoms with E-state index in [0.29, 0.717) is 16.9 Å². The number of hydrogen-bond donors (Lipinski definition) is 4. The number of carbonyl (C=O) groups is 3. The lowest BCUT2D eigenvalue weighted by atomic mass is 9.45. The Morgan fingerprint density at radius 3 is 2.46 bits per heavy atom. The lowest BCUT2D eigenvalue weighted by Crippen LogP contribution is -2.78. The van der Waals surface area contributed by atoms with Crippen molar-refractivity contribution >= 4 is 29.1 Å². The number of rotatable bonds is 5. The molecule has 1 aromatic rings. The molecule has 3 aliphatic carbocycles. The van der Waals surface area contributed by atoms with Gasteiger partial charge in [-0.3, -0.25) is 9.59 Å². The van der Waals surface area contributed by atoms with Crippen LogP contribution in [0.3, 0.4) is 0 Å². The molecule has 224 valence electrons. The predicted octanol–water partition coefficient (Wildman–Crippen LogP) is 1.71. The molecular weight excluding hydrogens is 552 g/mol. The highest BCUT2D eigenvalue weighted by atomic mass is 32.1. The molecule has 4 N–H and O–H groups in total. The second-order valence-corrected chi connectivity index (χ2v) is 13.8. The zero-order valence-corrected chi connectivity index (χ0v) is 24.6. The summed E-state index contributed by atoms with van der Waals surface area (Å²) in [5.41, 5.74) is -5.91. The normalized spacial score (nSPS) is 41.1. The van der Waals surface area contributed by atoms with Crippen LogP contribution in [-0.4, -0.2) is 86.5 Å². The van der Waals surface area contributed by atoms with E-state index in [0.717, 1.165) is 0 Å². The van der Waals surface area contributed by atoms with Crippen molar-refractivity contribution in [3.05, 3.63) is 40.5 Å². The molecule has 0 spiro atoms. The van der Waals surface area contributed by atoms with Crippen molar-refractivity contribution in [1.82, 2.24) is 0 Å². The molecule has 10 nitrogen and oxygen atoms in total. The van der Waals surface area contributed by atoms with Crippen molar-refractivity contribution in [2.75, 3.05) is 6.61 Å². The highest BCUT2D eigenvalue weighted by Gasteiger charge is 2.74. The number of esters is 2. The van der Waals surface area contributed by atoms with Crippen LogP contribution >= 0.6 is 11.3 Å². The molecule has 2 saturated carbocycles. The molecule has 2 heterocycles. The molecule has 10 atom stereocenters. The Bertz CT molecular complexity index is 1270. The summed E-state index contributed by atoms with van der Waals surface area (Å²) < 4.78 is 17.2. The van der Waals surface area contributed by atoms with Crippen LogP contribution in [0.5, 0.6) is 0 Å².